The number of hydrogen-bond donors (Lipinski definition) is 2. The molecule has 0 aliphatic heterocycles. The lowest BCUT2D eigenvalue weighted by atomic mass is 10.1. The summed E-state index contributed by atoms with van der Waals surface area (Å²) in [5.74, 6) is 0.570. The quantitative estimate of drug-likeness (QED) is 0.752. The Bertz CT molecular complexity index is 442. The van der Waals surface area contributed by atoms with Crippen LogP contribution in [0.4, 0.5) is 5.82 Å². The molecule has 2 rings (SSSR count). The average Bonchev–Trinajstić information content (AvgIpc) is 2.18. The molecule has 2 aromatic rings. The van der Waals surface area contributed by atoms with Crippen LogP contribution >= 0.6 is 12.4 Å². The van der Waals surface area contributed by atoms with Crippen LogP contribution in [0.5, 0.6) is 0 Å². The van der Waals surface area contributed by atoms with E-state index in [0.717, 1.165) is 16.3 Å². The fourth-order valence-corrected chi connectivity index (χ4v) is 1.38. The van der Waals surface area contributed by atoms with E-state index in [0.29, 0.717) is 12.4 Å². The zero-order valence-corrected chi connectivity index (χ0v) is 8.42. The summed E-state index contributed by atoms with van der Waals surface area (Å²) in [6.07, 6.45) is 1.71. The van der Waals surface area contributed by atoms with E-state index in [-0.39, 0.29) is 12.4 Å². The first kappa shape index (κ1) is 10.8. The summed E-state index contributed by atoms with van der Waals surface area (Å²) < 4.78 is 0. The molecular formula is C10H12ClN3. The summed E-state index contributed by atoms with van der Waals surface area (Å²) in [5, 5.41) is 2.08. The monoisotopic (exact) mass is 209 g/mol. The van der Waals surface area contributed by atoms with Gasteiger partial charge in [0.25, 0.3) is 0 Å². The van der Waals surface area contributed by atoms with Gasteiger partial charge in [-0.2, -0.15) is 0 Å². The topological polar surface area (TPSA) is 64.9 Å². The second-order valence-corrected chi connectivity index (χ2v) is 2.96. The van der Waals surface area contributed by atoms with Gasteiger partial charge in [-0.05, 0) is 23.1 Å². The Morgan fingerprint density at radius 2 is 2.00 bits per heavy atom. The van der Waals surface area contributed by atoms with Gasteiger partial charge in [-0.3, -0.25) is 0 Å². The van der Waals surface area contributed by atoms with Gasteiger partial charge in [0.1, 0.15) is 5.82 Å². The number of fused-ring (bicyclic) bond motifs is 1. The number of hydrogen-bond acceptors (Lipinski definition) is 3. The van der Waals surface area contributed by atoms with E-state index in [4.69, 9.17) is 11.5 Å². The van der Waals surface area contributed by atoms with Gasteiger partial charge >= 0.3 is 0 Å². The van der Waals surface area contributed by atoms with Crippen molar-refractivity contribution in [3.05, 3.63) is 36.0 Å². The van der Waals surface area contributed by atoms with Gasteiger partial charge in [-0.15, -0.1) is 12.4 Å². The van der Waals surface area contributed by atoms with Gasteiger partial charge in [0.15, 0.2) is 0 Å². The van der Waals surface area contributed by atoms with Crippen LogP contribution in [0.15, 0.2) is 30.5 Å². The van der Waals surface area contributed by atoms with Gasteiger partial charge in [0, 0.05) is 18.1 Å². The summed E-state index contributed by atoms with van der Waals surface area (Å²) in [4.78, 5) is 4.01. The number of nitrogen functional groups attached to an aromatic ring is 1. The third-order valence-electron chi connectivity index (χ3n) is 2.10. The van der Waals surface area contributed by atoms with E-state index >= 15 is 0 Å². The zero-order chi connectivity index (χ0) is 9.26. The highest BCUT2D eigenvalue weighted by molar-refractivity contribution is 5.91. The smallest absolute Gasteiger partial charge is 0.131 e. The molecule has 0 unspecified atom stereocenters. The largest absolute Gasteiger partial charge is 0.383 e. The molecule has 0 spiro atoms. The number of anilines is 1. The minimum Gasteiger partial charge on any atom is -0.383 e. The van der Waals surface area contributed by atoms with Gasteiger partial charge in [0.2, 0.25) is 0 Å². The molecule has 0 atom stereocenters. The molecule has 14 heavy (non-hydrogen) atoms. The fourth-order valence-electron chi connectivity index (χ4n) is 1.38. The molecule has 0 aliphatic rings. The second-order valence-electron chi connectivity index (χ2n) is 2.96. The molecule has 1 aromatic carbocycles. The molecule has 0 radical (unpaired) electrons. The third kappa shape index (κ3) is 1.78. The van der Waals surface area contributed by atoms with Crippen LogP contribution in [-0.2, 0) is 6.54 Å². The van der Waals surface area contributed by atoms with E-state index in [1.165, 1.54) is 0 Å². The van der Waals surface area contributed by atoms with Crippen LogP contribution in [0.25, 0.3) is 10.8 Å². The maximum Gasteiger partial charge on any atom is 0.131 e. The Labute approximate surface area is 88.5 Å². The highest BCUT2D eigenvalue weighted by Gasteiger charge is 1.98. The predicted octanol–water partition coefficient (Wildman–Crippen LogP) is 1.70. The van der Waals surface area contributed by atoms with Gasteiger partial charge in [0.05, 0.1) is 0 Å². The average molecular weight is 210 g/mol. The van der Waals surface area contributed by atoms with Crippen LogP contribution in [0.2, 0.25) is 0 Å². The second kappa shape index (κ2) is 4.26. The normalized spacial score (nSPS) is 9.79. The van der Waals surface area contributed by atoms with Crippen molar-refractivity contribution in [1.29, 1.82) is 0 Å². The predicted molar refractivity (Wildman–Crippen MR) is 61.3 cm³/mol. The highest BCUT2D eigenvalue weighted by atomic mass is 35.5. The van der Waals surface area contributed by atoms with E-state index in [1.807, 2.05) is 24.3 Å². The molecular weight excluding hydrogens is 198 g/mol. The number of halogens is 1. The van der Waals surface area contributed by atoms with Crippen molar-refractivity contribution in [2.45, 2.75) is 6.54 Å². The molecule has 1 aromatic heterocycles. The molecule has 74 valence electrons. The van der Waals surface area contributed by atoms with Gasteiger partial charge < -0.3 is 11.5 Å². The minimum absolute atomic E-state index is 0. The van der Waals surface area contributed by atoms with Crippen LogP contribution in [0.3, 0.4) is 0 Å². The Balaban J connectivity index is 0.000000980. The summed E-state index contributed by atoms with van der Waals surface area (Å²) in [6, 6.07) is 7.90. The lowest BCUT2D eigenvalue weighted by Crippen LogP contribution is -1.96. The minimum atomic E-state index is 0. The first-order valence-electron chi connectivity index (χ1n) is 4.14. The molecule has 0 saturated heterocycles. The van der Waals surface area contributed by atoms with Crippen molar-refractivity contribution < 1.29 is 0 Å². The lowest BCUT2D eigenvalue weighted by Gasteiger charge is -2.02. The van der Waals surface area contributed by atoms with E-state index in [1.54, 1.807) is 6.20 Å². The molecule has 3 nitrogen and oxygen atoms in total. The first-order valence-corrected chi connectivity index (χ1v) is 4.14. The summed E-state index contributed by atoms with van der Waals surface area (Å²) in [6.45, 7) is 0.554. The van der Waals surface area contributed by atoms with Crippen molar-refractivity contribution in [3.63, 3.8) is 0 Å². The zero-order valence-electron chi connectivity index (χ0n) is 7.60. The Morgan fingerprint density at radius 3 is 2.71 bits per heavy atom. The number of nitrogens with two attached hydrogens (primary N) is 2. The van der Waals surface area contributed by atoms with Crippen LogP contribution in [-0.4, -0.2) is 4.98 Å². The standard InChI is InChI=1S/C10H11N3.ClH/c11-6-7-1-2-9-8(5-7)3-4-13-10(9)12;/h1-5H,6,11H2,(H2,12,13);1H. The molecule has 0 aliphatic carbocycles. The number of pyridine rings is 1. The molecule has 0 fully saturated rings. The van der Waals surface area contributed by atoms with E-state index < -0.39 is 0 Å². The molecule has 0 amide bonds. The lowest BCUT2D eigenvalue weighted by molar-refractivity contribution is 1.08. The molecule has 4 N–H and O–H groups in total. The molecule has 4 heteroatoms. The van der Waals surface area contributed by atoms with Gasteiger partial charge in [-0.1, -0.05) is 12.1 Å². The van der Waals surface area contributed by atoms with Crippen molar-refractivity contribution in [2.24, 2.45) is 5.73 Å². The van der Waals surface area contributed by atoms with Crippen molar-refractivity contribution >= 4 is 29.0 Å². The third-order valence-corrected chi connectivity index (χ3v) is 2.10. The summed E-state index contributed by atoms with van der Waals surface area (Å²) >= 11 is 0. The molecule has 0 saturated carbocycles. The van der Waals surface area contributed by atoms with Gasteiger partial charge in [-0.25, -0.2) is 4.98 Å². The van der Waals surface area contributed by atoms with Crippen LogP contribution < -0.4 is 11.5 Å². The maximum absolute atomic E-state index is 5.71. The summed E-state index contributed by atoms with van der Waals surface area (Å²) in [5.41, 5.74) is 12.3. The maximum atomic E-state index is 5.71. The SMILES string of the molecule is Cl.NCc1ccc2c(N)nccc2c1. The van der Waals surface area contributed by atoms with E-state index in [9.17, 15) is 0 Å². The number of nitrogens with zero attached hydrogens (tertiary/aromatic N) is 1. The van der Waals surface area contributed by atoms with Crippen molar-refractivity contribution in [2.75, 3.05) is 5.73 Å². The van der Waals surface area contributed by atoms with Crippen LogP contribution in [0, 0.1) is 0 Å². The number of rotatable bonds is 1. The van der Waals surface area contributed by atoms with Crippen molar-refractivity contribution in [3.8, 4) is 0 Å². The van der Waals surface area contributed by atoms with Crippen molar-refractivity contribution in [1.82, 2.24) is 4.98 Å². The fraction of sp³-hybridized carbons (Fsp3) is 0.100. The number of aromatic nitrogens is 1. The number of benzene rings is 1. The summed E-state index contributed by atoms with van der Waals surface area (Å²) in [7, 11) is 0. The first-order chi connectivity index (χ1) is 6.31. The van der Waals surface area contributed by atoms with Crippen LogP contribution in [0.1, 0.15) is 5.56 Å². The Hall–Kier alpha value is -1.32. The van der Waals surface area contributed by atoms with E-state index in [2.05, 4.69) is 4.98 Å². The Kier molecular flexibility index (Phi) is 3.28. The Morgan fingerprint density at radius 1 is 1.21 bits per heavy atom. The molecule has 0 bridgehead atoms. The molecule has 1 heterocycles. The highest BCUT2D eigenvalue weighted by Crippen LogP contribution is 2.19.